The molecule has 1 aromatic carbocycles. The zero-order chi connectivity index (χ0) is 16.9. The van der Waals surface area contributed by atoms with Crippen LogP contribution < -0.4 is 14.8 Å². The zero-order valence-corrected chi connectivity index (χ0v) is 14.7. The topological polar surface area (TPSA) is 50.8 Å². The number of fused-ring (bicyclic) bond motifs is 2. The molecule has 0 saturated carbocycles. The molecular weight excluding hydrogens is 304 g/mol. The zero-order valence-electron chi connectivity index (χ0n) is 14.7. The van der Waals surface area contributed by atoms with E-state index >= 15 is 0 Å². The lowest BCUT2D eigenvalue weighted by Gasteiger charge is -2.47. The highest BCUT2D eigenvalue weighted by atomic mass is 16.5. The average molecular weight is 332 g/mol. The first-order valence-electron chi connectivity index (χ1n) is 9.03. The fourth-order valence-electron chi connectivity index (χ4n) is 3.99. The predicted molar refractivity (Wildman–Crippen MR) is 93.5 cm³/mol. The lowest BCUT2D eigenvalue weighted by molar-refractivity contribution is -0.124. The lowest BCUT2D eigenvalue weighted by Crippen LogP contribution is -2.55. The van der Waals surface area contributed by atoms with Gasteiger partial charge in [0.1, 0.15) is 0 Å². The molecule has 0 aliphatic carbocycles. The van der Waals surface area contributed by atoms with Gasteiger partial charge in [-0.3, -0.25) is 4.79 Å². The summed E-state index contributed by atoms with van der Waals surface area (Å²) in [5.74, 6) is 1.25. The third kappa shape index (κ3) is 4.01. The first kappa shape index (κ1) is 17.1. The van der Waals surface area contributed by atoms with Gasteiger partial charge < -0.3 is 19.7 Å². The highest BCUT2D eigenvalue weighted by molar-refractivity contribution is 5.78. The number of para-hydroxylation sites is 2. The minimum absolute atomic E-state index is 0.0335. The smallest absolute Gasteiger partial charge is 0.258 e. The molecule has 2 heterocycles. The van der Waals surface area contributed by atoms with Crippen LogP contribution in [-0.2, 0) is 4.79 Å². The highest BCUT2D eigenvalue weighted by Crippen LogP contribution is 2.32. The van der Waals surface area contributed by atoms with Crippen molar-refractivity contribution in [2.75, 3.05) is 20.3 Å². The van der Waals surface area contributed by atoms with Gasteiger partial charge in [0.15, 0.2) is 18.1 Å². The fraction of sp³-hybridized carbons (Fsp3) is 0.632. The minimum atomic E-state index is -0.0473. The summed E-state index contributed by atoms with van der Waals surface area (Å²) in [6.45, 7) is 2.54. The third-order valence-corrected chi connectivity index (χ3v) is 5.21. The van der Waals surface area contributed by atoms with Crippen LogP contribution in [0.5, 0.6) is 11.5 Å². The van der Waals surface area contributed by atoms with Gasteiger partial charge in [-0.25, -0.2) is 0 Å². The Balaban J connectivity index is 1.50. The number of ether oxygens (including phenoxy) is 2. The molecule has 2 bridgehead atoms. The van der Waals surface area contributed by atoms with Crippen molar-refractivity contribution >= 4 is 5.91 Å². The van der Waals surface area contributed by atoms with E-state index in [1.807, 2.05) is 31.2 Å². The summed E-state index contributed by atoms with van der Waals surface area (Å²) in [6, 6.07) is 8.97. The molecule has 5 nitrogen and oxygen atoms in total. The summed E-state index contributed by atoms with van der Waals surface area (Å²) in [5, 5.41) is 3.16. The van der Waals surface area contributed by atoms with E-state index in [0.717, 1.165) is 12.8 Å². The SMILES string of the molecule is CCOc1ccccc1OCC(=O)NC1CC2CCCC(C1)N2C. The van der Waals surface area contributed by atoms with Crippen molar-refractivity contribution in [1.29, 1.82) is 0 Å². The molecule has 0 aromatic heterocycles. The number of hydrogen-bond acceptors (Lipinski definition) is 4. The minimum Gasteiger partial charge on any atom is -0.490 e. The van der Waals surface area contributed by atoms with Gasteiger partial charge in [0.25, 0.3) is 5.91 Å². The monoisotopic (exact) mass is 332 g/mol. The van der Waals surface area contributed by atoms with Crippen molar-refractivity contribution < 1.29 is 14.3 Å². The molecule has 2 unspecified atom stereocenters. The molecule has 1 aromatic rings. The van der Waals surface area contributed by atoms with E-state index in [2.05, 4.69) is 17.3 Å². The maximum Gasteiger partial charge on any atom is 0.258 e. The number of carbonyl (C=O) groups excluding carboxylic acids is 1. The van der Waals surface area contributed by atoms with Crippen LogP contribution in [0.1, 0.15) is 39.0 Å². The van der Waals surface area contributed by atoms with Crippen LogP contribution in [0.2, 0.25) is 0 Å². The molecule has 1 amide bonds. The van der Waals surface area contributed by atoms with E-state index in [1.54, 1.807) is 0 Å². The number of carbonyl (C=O) groups is 1. The molecule has 2 atom stereocenters. The summed E-state index contributed by atoms with van der Waals surface area (Å²) >= 11 is 0. The molecule has 24 heavy (non-hydrogen) atoms. The standard InChI is InChI=1S/C19H28N2O3/c1-3-23-17-9-4-5-10-18(17)24-13-19(22)20-14-11-15-7-6-8-16(12-14)21(15)2/h4-5,9-10,14-16H,3,6-8,11-13H2,1-2H3,(H,20,22). The Morgan fingerprint density at radius 1 is 1.17 bits per heavy atom. The van der Waals surface area contributed by atoms with Gasteiger partial charge in [0.2, 0.25) is 0 Å². The van der Waals surface area contributed by atoms with Crippen LogP contribution in [0.15, 0.2) is 24.3 Å². The predicted octanol–water partition coefficient (Wildman–Crippen LogP) is 2.60. The molecule has 5 heteroatoms. The summed E-state index contributed by atoms with van der Waals surface area (Å²) in [6.07, 6.45) is 5.91. The van der Waals surface area contributed by atoms with Crippen LogP contribution in [0.4, 0.5) is 0 Å². The maximum absolute atomic E-state index is 12.3. The maximum atomic E-state index is 12.3. The largest absolute Gasteiger partial charge is 0.490 e. The molecule has 2 aliphatic rings. The van der Waals surface area contributed by atoms with Crippen molar-refractivity contribution in [1.82, 2.24) is 10.2 Å². The van der Waals surface area contributed by atoms with E-state index < -0.39 is 0 Å². The third-order valence-electron chi connectivity index (χ3n) is 5.21. The van der Waals surface area contributed by atoms with E-state index in [-0.39, 0.29) is 18.6 Å². The number of nitrogens with zero attached hydrogens (tertiary/aromatic N) is 1. The van der Waals surface area contributed by atoms with Crippen molar-refractivity contribution in [3.05, 3.63) is 24.3 Å². The second kappa shape index (κ2) is 7.88. The Labute approximate surface area is 144 Å². The highest BCUT2D eigenvalue weighted by Gasteiger charge is 2.36. The van der Waals surface area contributed by atoms with Gasteiger partial charge in [0.05, 0.1) is 6.61 Å². The number of hydrogen-bond donors (Lipinski definition) is 1. The van der Waals surface area contributed by atoms with E-state index in [1.165, 1.54) is 19.3 Å². The van der Waals surface area contributed by atoms with Crippen molar-refractivity contribution in [3.63, 3.8) is 0 Å². The Morgan fingerprint density at radius 2 is 1.79 bits per heavy atom. The molecule has 0 radical (unpaired) electrons. The molecule has 3 rings (SSSR count). The molecule has 0 spiro atoms. The van der Waals surface area contributed by atoms with E-state index in [9.17, 15) is 4.79 Å². The lowest BCUT2D eigenvalue weighted by atomic mass is 9.82. The molecule has 2 fully saturated rings. The van der Waals surface area contributed by atoms with Crippen LogP contribution in [0.3, 0.4) is 0 Å². The van der Waals surface area contributed by atoms with Crippen molar-refractivity contribution in [2.24, 2.45) is 0 Å². The van der Waals surface area contributed by atoms with Crippen LogP contribution in [-0.4, -0.2) is 49.2 Å². The Hall–Kier alpha value is -1.75. The van der Waals surface area contributed by atoms with Gasteiger partial charge in [-0.1, -0.05) is 18.6 Å². The van der Waals surface area contributed by atoms with Gasteiger partial charge >= 0.3 is 0 Å². The van der Waals surface area contributed by atoms with Crippen LogP contribution >= 0.6 is 0 Å². The van der Waals surface area contributed by atoms with Crippen molar-refractivity contribution in [3.8, 4) is 11.5 Å². The summed E-state index contributed by atoms with van der Waals surface area (Å²) in [5.41, 5.74) is 0. The normalized spacial score (nSPS) is 26.7. The number of nitrogens with one attached hydrogen (secondary N) is 1. The average Bonchev–Trinajstić information content (AvgIpc) is 2.55. The molecule has 132 valence electrons. The second-order valence-corrected chi connectivity index (χ2v) is 6.81. The van der Waals surface area contributed by atoms with E-state index in [4.69, 9.17) is 9.47 Å². The van der Waals surface area contributed by atoms with Crippen LogP contribution in [0, 0.1) is 0 Å². The van der Waals surface area contributed by atoms with Gasteiger partial charge in [-0.05, 0) is 51.8 Å². The number of piperidine rings is 2. The Bertz CT molecular complexity index is 549. The number of benzene rings is 1. The summed E-state index contributed by atoms with van der Waals surface area (Å²) in [7, 11) is 2.22. The van der Waals surface area contributed by atoms with Gasteiger partial charge in [0, 0.05) is 18.1 Å². The summed E-state index contributed by atoms with van der Waals surface area (Å²) in [4.78, 5) is 14.8. The Kier molecular flexibility index (Phi) is 5.61. The first-order valence-corrected chi connectivity index (χ1v) is 9.03. The van der Waals surface area contributed by atoms with Gasteiger partial charge in [-0.15, -0.1) is 0 Å². The number of amides is 1. The van der Waals surface area contributed by atoms with E-state index in [0.29, 0.717) is 30.2 Å². The fourth-order valence-corrected chi connectivity index (χ4v) is 3.99. The quantitative estimate of drug-likeness (QED) is 0.870. The van der Waals surface area contributed by atoms with Crippen LogP contribution in [0.25, 0.3) is 0 Å². The first-order chi connectivity index (χ1) is 11.7. The second-order valence-electron chi connectivity index (χ2n) is 6.81. The molecular formula is C19H28N2O3. The number of rotatable bonds is 6. The molecule has 1 N–H and O–H groups in total. The van der Waals surface area contributed by atoms with Gasteiger partial charge in [-0.2, -0.15) is 0 Å². The van der Waals surface area contributed by atoms with Crippen molar-refractivity contribution in [2.45, 2.75) is 57.2 Å². The molecule has 2 saturated heterocycles. The molecule has 2 aliphatic heterocycles. The summed E-state index contributed by atoms with van der Waals surface area (Å²) < 4.78 is 11.2. The Morgan fingerprint density at radius 3 is 2.42 bits per heavy atom.